The lowest BCUT2D eigenvalue weighted by Crippen LogP contribution is -2.40. The van der Waals surface area contributed by atoms with Crippen molar-refractivity contribution in [3.8, 4) is 0 Å². The van der Waals surface area contributed by atoms with Gasteiger partial charge in [-0.05, 0) is 61.6 Å². The third-order valence-corrected chi connectivity index (χ3v) is 8.57. The molecule has 0 bridgehead atoms. The number of rotatable bonds is 7. The largest absolute Gasteiger partial charge is 0.418 e. The van der Waals surface area contributed by atoms with E-state index in [1.807, 2.05) is 6.07 Å². The lowest BCUT2D eigenvalue weighted by Gasteiger charge is -2.33. The summed E-state index contributed by atoms with van der Waals surface area (Å²) in [4.78, 5) is 16.1. The van der Waals surface area contributed by atoms with Gasteiger partial charge in [0.2, 0.25) is 5.91 Å². The SMILES string of the molecule is O=C(/C=C/c1ccc(Sc2cccc(NC3CCN(C4CC4)CC3)c2)c(C(F)(F)F)c1C(F)(F)F)N1CCOCC1. The Labute approximate surface area is 238 Å². The summed E-state index contributed by atoms with van der Waals surface area (Å²) in [6.07, 6.45) is -4.50. The molecule has 2 heterocycles. The number of anilines is 1. The van der Waals surface area contributed by atoms with Gasteiger partial charge in [0.05, 0.1) is 24.3 Å². The highest BCUT2D eigenvalue weighted by molar-refractivity contribution is 7.99. The van der Waals surface area contributed by atoms with Gasteiger partial charge in [0.1, 0.15) is 0 Å². The summed E-state index contributed by atoms with van der Waals surface area (Å²) in [5.74, 6) is -0.587. The van der Waals surface area contributed by atoms with Crippen LogP contribution in [0.5, 0.6) is 0 Å². The van der Waals surface area contributed by atoms with Gasteiger partial charge in [-0.15, -0.1) is 0 Å². The van der Waals surface area contributed by atoms with Crippen LogP contribution in [-0.2, 0) is 21.9 Å². The van der Waals surface area contributed by atoms with Gasteiger partial charge in [0.25, 0.3) is 0 Å². The Kier molecular flexibility index (Phi) is 8.91. The molecule has 1 N–H and O–H groups in total. The Hall–Kier alpha value is -2.70. The zero-order chi connectivity index (χ0) is 29.2. The van der Waals surface area contributed by atoms with Crippen molar-refractivity contribution in [2.75, 3.05) is 44.7 Å². The summed E-state index contributed by atoms with van der Waals surface area (Å²) in [5, 5.41) is 3.44. The maximum absolute atomic E-state index is 14.2. The number of halogens is 6. The van der Waals surface area contributed by atoms with Crippen LogP contribution in [0, 0.1) is 0 Å². The molecular formula is C29H31F6N3O2S. The van der Waals surface area contributed by atoms with Crippen molar-refractivity contribution >= 4 is 29.4 Å². The van der Waals surface area contributed by atoms with Crippen molar-refractivity contribution in [2.24, 2.45) is 0 Å². The average Bonchev–Trinajstić information content (AvgIpc) is 3.78. The highest BCUT2D eigenvalue weighted by Gasteiger charge is 2.46. The van der Waals surface area contributed by atoms with Crippen LogP contribution in [0.3, 0.4) is 0 Å². The highest BCUT2D eigenvalue weighted by Crippen LogP contribution is 2.48. The number of hydrogen-bond donors (Lipinski definition) is 1. The molecule has 41 heavy (non-hydrogen) atoms. The highest BCUT2D eigenvalue weighted by atomic mass is 32.2. The Balaban J connectivity index is 1.38. The molecular weight excluding hydrogens is 568 g/mol. The molecule has 3 aliphatic rings. The van der Waals surface area contributed by atoms with E-state index in [-0.39, 0.29) is 32.3 Å². The number of morpholine rings is 1. The molecule has 5 rings (SSSR count). The zero-order valence-electron chi connectivity index (χ0n) is 22.2. The predicted molar refractivity (Wildman–Crippen MR) is 145 cm³/mol. The lowest BCUT2D eigenvalue weighted by atomic mass is 9.99. The first-order valence-corrected chi connectivity index (χ1v) is 14.5. The monoisotopic (exact) mass is 599 g/mol. The number of benzene rings is 2. The van der Waals surface area contributed by atoms with Crippen LogP contribution < -0.4 is 5.32 Å². The fourth-order valence-corrected chi connectivity index (χ4v) is 6.36. The van der Waals surface area contributed by atoms with Crippen LogP contribution in [0.2, 0.25) is 0 Å². The minimum atomic E-state index is -5.30. The van der Waals surface area contributed by atoms with E-state index in [2.05, 4.69) is 10.2 Å². The Morgan fingerprint density at radius 1 is 0.902 bits per heavy atom. The van der Waals surface area contributed by atoms with Crippen LogP contribution in [-0.4, -0.2) is 67.2 Å². The molecule has 0 spiro atoms. The molecule has 0 atom stereocenters. The molecule has 0 aromatic heterocycles. The molecule has 3 fully saturated rings. The number of nitrogens with one attached hydrogen (secondary N) is 1. The maximum Gasteiger partial charge on any atom is 0.418 e. The van der Waals surface area contributed by atoms with Crippen molar-refractivity contribution in [3.63, 3.8) is 0 Å². The number of carbonyl (C=O) groups is 1. The summed E-state index contributed by atoms with van der Waals surface area (Å²) < 4.78 is 90.4. The molecule has 2 saturated heterocycles. The van der Waals surface area contributed by atoms with Gasteiger partial charge in [-0.1, -0.05) is 23.9 Å². The molecule has 1 amide bonds. The normalized spacial score (nSPS) is 19.6. The second kappa shape index (κ2) is 12.3. The van der Waals surface area contributed by atoms with Gasteiger partial charge < -0.3 is 19.9 Å². The summed E-state index contributed by atoms with van der Waals surface area (Å²) >= 11 is 0.635. The zero-order valence-corrected chi connectivity index (χ0v) is 23.0. The maximum atomic E-state index is 14.2. The van der Waals surface area contributed by atoms with Crippen LogP contribution in [0.15, 0.2) is 52.3 Å². The fourth-order valence-electron chi connectivity index (χ4n) is 5.32. The smallest absolute Gasteiger partial charge is 0.382 e. The minimum absolute atomic E-state index is 0.221. The van der Waals surface area contributed by atoms with Crippen molar-refractivity contribution in [2.45, 2.75) is 59.9 Å². The Morgan fingerprint density at radius 2 is 1.59 bits per heavy atom. The van der Waals surface area contributed by atoms with E-state index in [9.17, 15) is 31.1 Å². The van der Waals surface area contributed by atoms with Crippen molar-refractivity contribution in [3.05, 3.63) is 59.2 Å². The van der Waals surface area contributed by atoms with Gasteiger partial charge in [0.15, 0.2) is 0 Å². The summed E-state index contributed by atoms with van der Waals surface area (Å²) in [6.45, 7) is 3.07. The lowest BCUT2D eigenvalue weighted by molar-refractivity contribution is -0.163. The predicted octanol–water partition coefficient (Wildman–Crippen LogP) is 6.79. The average molecular weight is 600 g/mol. The number of hydrogen-bond acceptors (Lipinski definition) is 5. The Bertz CT molecular complexity index is 1260. The van der Waals surface area contributed by atoms with Gasteiger partial charge in [0, 0.05) is 59.8 Å². The van der Waals surface area contributed by atoms with Crippen LogP contribution in [0.4, 0.5) is 32.0 Å². The van der Waals surface area contributed by atoms with E-state index >= 15 is 0 Å². The number of piperidine rings is 1. The minimum Gasteiger partial charge on any atom is -0.382 e. The van der Waals surface area contributed by atoms with Crippen molar-refractivity contribution < 1.29 is 35.9 Å². The molecule has 5 nitrogen and oxygen atoms in total. The van der Waals surface area contributed by atoms with Gasteiger partial charge >= 0.3 is 12.4 Å². The van der Waals surface area contributed by atoms with E-state index in [1.54, 1.807) is 18.2 Å². The summed E-state index contributed by atoms with van der Waals surface area (Å²) in [5.41, 5.74) is -3.58. The number of likely N-dealkylation sites (tertiary alicyclic amines) is 1. The van der Waals surface area contributed by atoms with Crippen molar-refractivity contribution in [1.29, 1.82) is 0 Å². The van der Waals surface area contributed by atoms with E-state index in [1.165, 1.54) is 17.7 Å². The molecule has 2 aliphatic heterocycles. The first-order chi connectivity index (χ1) is 19.5. The number of nitrogens with zero attached hydrogens (tertiary/aromatic N) is 2. The van der Waals surface area contributed by atoms with E-state index in [0.717, 1.165) is 50.2 Å². The van der Waals surface area contributed by atoms with E-state index < -0.39 is 39.8 Å². The molecule has 222 valence electrons. The molecule has 0 unspecified atom stereocenters. The topological polar surface area (TPSA) is 44.8 Å². The molecule has 12 heteroatoms. The number of amides is 1. The van der Waals surface area contributed by atoms with Crippen molar-refractivity contribution in [1.82, 2.24) is 9.80 Å². The second-order valence-corrected chi connectivity index (χ2v) is 11.6. The summed E-state index contributed by atoms with van der Waals surface area (Å²) in [7, 11) is 0. The third-order valence-electron chi connectivity index (χ3n) is 7.52. The van der Waals surface area contributed by atoms with Crippen LogP contribution in [0.25, 0.3) is 6.08 Å². The standard InChI is InChI=1S/C29H31F6N3O2S/c30-28(31,32)26-19(5-9-25(39)38-14-16-40-17-15-38)4-8-24(27(26)29(33,34)35)41-23-3-1-2-21(18-23)36-20-10-12-37(13-11-20)22-6-7-22/h1-5,8-9,18,20,22,36H,6-7,10-17H2/b9-5+. The van der Waals surface area contributed by atoms with Gasteiger partial charge in [-0.3, -0.25) is 4.79 Å². The number of ether oxygens (including phenoxy) is 1. The number of alkyl halides is 6. The quantitative estimate of drug-likeness (QED) is 0.281. The van der Waals surface area contributed by atoms with E-state index in [4.69, 9.17) is 4.74 Å². The van der Waals surface area contributed by atoms with Crippen LogP contribution in [0.1, 0.15) is 42.4 Å². The fraction of sp³-hybridized carbons (Fsp3) is 0.483. The third kappa shape index (κ3) is 7.58. The van der Waals surface area contributed by atoms with Crippen LogP contribution >= 0.6 is 11.8 Å². The van der Waals surface area contributed by atoms with Gasteiger partial charge in [-0.25, -0.2) is 0 Å². The molecule has 1 aliphatic carbocycles. The van der Waals surface area contributed by atoms with Gasteiger partial charge in [-0.2, -0.15) is 26.3 Å². The molecule has 0 radical (unpaired) electrons. The number of carbonyl (C=O) groups excluding carboxylic acids is 1. The molecule has 1 saturated carbocycles. The van der Waals surface area contributed by atoms with E-state index in [0.29, 0.717) is 28.4 Å². The molecule has 2 aromatic rings. The molecule has 2 aromatic carbocycles. The Morgan fingerprint density at radius 3 is 2.22 bits per heavy atom. The first kappa shape index (κ1) is 29.8. The first-order valence-electron chi connectivity index (χ1n) is 13.6. The second-order valence-electron chi connectivity index (χ2n) is 10.5. The summed E-state index contributed by atoms with van der Waals surface area (Å²) in [6, 6.07) is 9.67.